The second kappa shape index (κ2) is 13.7. The molecule has 1 aromatic heterocycles. The molecule has 232 valence electrons. The van der Waals surface area contributed by atoms with Crippen molar-refractivity contribution in [3.63, 3.8) is 0 Å². The van der Waals surface area contributed by atoms with E-state index in [4.69, 9.17) is 30.1 Å². The Labute approximate surface area is 260 Å². The van der Waals surface area contributed by atoms with Crippen molar-refractivity contribution in [3.05, 3.63) is 118 Å². The molecule has 2 N–H and O–H groups in total. The van der Waals surface area contributed by atoms with Gasteiger partial charge in [0.2, 0.25) is 5.91 Å². The number of aromatic nitrogens is 2. The maximum atomic E-state index is 12.9. The number of ether oxygens (including phenoxy) is 5. The van der Waals surface area contributed by atoms with Crippen LogP contribution in [0.15, 0.2) is 95.9 Å². The standard InChI is InChI=1S/C34H33N3O8/c1-5-43-31-30(39)28(45-32(31)37-20-19-29(35-22(2)38)36-33(37)40)21-44-34(23-9-7-6-8-10-23,24-11-15-26(41-3)16-12-24)25-13-17-27(42-4)18-14-25/h1,6-20,28,30-32,39H,21H2,2-4H3,(H,35,36,38,40). The summed E-state index contributed by atoms with van der Waals surface area (Å²) in [5.74, 6) is 1.04. The van der Waals surface area contributed by atoms with Crippen molar-refractivity contribution in [2.24, 2.45) is 0 Å². The minimum Gasteiger partial charge on any atom is -0.497 e. The number of benzene rings is 3. The van der Waals surface area contributed by atoms with Gasteiger partial charge in [-0.15, -0.1) is 0 Å². The van der Waals surface area contributed by atoms with Crippen molar-refractivity contribution in [2.45, 2.75) is 37.1 Å². The van der Waals surface area contributed by atoms with Gasteiger partial charge < -0.3 is 34.1 Å². The van der Waals surface area contributed by atoms with Gasteiger partial charge in [0, 0.05) is 13.1 Å². The third-order valence-electron chi connectivity index (χ3n) is 7.56. The predicted octanol–water partition coefficient (Wildman–Crippen LogP) is 3.46. The van der Waals surface area contributed by atoms with Crippen molar-refractivity contribution in [3.8, 4) is 24.0 Å². The van der Waals surface area contributed by atoms with E-state index in [0.717, 1.165) is 21.3 Å². The first-order valence-corrected chi connectivity index (χ1v) is 14.1. The summed E-state index contributed by atoms with van der Waals surface area (Å²) < 4.78 is 30.4. The monoisotopic (exact) mass is 611 g/mol. The van der Waals surface area contributed by atoms with Crippen molar-refractivity contribution < 1.29 is 33.6 Å². The van der Waals surface area contributed by atoms with Crippen LogP contribution in [0.1, 0.15) is 29.8 Å². The largest absolute Gasteiger partial charge is 0.497 e. The fourth-order valence-corrected chi connectivity index (χ4v) is 5.42. The van der Waals surface area contributed by atoms with Crippen molar-refractivity contribution >= 4 is 11.7 Å². The number of methoxy groups -OCH3 is 2. The lowest BCUT2D eigenvalue weighted by atomic mass is 9.80. The lowest BCUT2D eigenvalue weighted by Gasteiger charge is -2.37. The van der Waals surface area contributed by atoms with E-state index in [9.17, 15) is 14.7 Å². The summed E-state index contributed by atoms with van der Waals surface area (Å²) in [6.45, 7) is 1.17. The lowest BCUT2D eigenvalue weighted by Crippen LogP contribution is -2.40. The Morgan fingerprint density at radius 3 is 2.07 bits per heavy atom. The highest BCUT2D eigenvalue weighted by Gasteiger charge is 2.49. The highest BCUT2D eigenvalue weighted by atomic mass is 16.6. The molecule has 0 saturated carbocycles. The van der Waals surface area contributed by atoms with E-state index in [1.54, 1.807) is 14.2 Å². The number of aliphatic hydroxyl groups excluding tert-OH is 1. The number of carbonyl (C=O) groups is 1. The SMILES string of the molecule is C#COC1C(O)C(COC(c2ccccc2)(c2ccc(OC)cc2)c2ccc(OC)cc2)OC1n1ccc(NC(C)=O)nc1=O. The van der Waals surface area contributed by atoms with Crippen molar-refractivity contribution in [2.75, 3.05) is 26.1 Å². The van der Waals surface area contributed by atoms with Crippen LogP contribution in [0.2, 0.25) is 0 Å². The zero-order chi connectivity index (χ0) is 32.0. The fraction of sp³-hybridized carbons (Fsp3) is 0.265. The van der Waals surface area contributed by atoms with Gasteiger partial charge in [-0.3, -0.25) is 9.36 Å². The predicted molar refractivity (Wildman–Crippen MR) is 165 cm³/mol. The molecule has 11 nitrogen and oxygen atoms in total. The third-order valence-corrected chi connectivity index (χ3v) is 7.56. The van der Waals surface area contributed by atoms with Gasteiger partial charge in [0.1, 0.15) is 41.2 Å². The average molecular weight is 612 g/mol. The number of rotatable bonds is 11. The molecule has 4 aromatic rings. The Kier molecular flexibility index (Phi) is 9.49. The molecule has 0 spiro atoms. The Morgan fingerprint density at radius 2 is 1.56 bits per heavy atom. The number of anilines is 1. The molecule has 11 heteroatoms. The fourth-order valence-electron chi connectivity index (χ4n) is 5.42. The molecule has 45 heavy (non-hydrogen) atoms. The first-order chi connectivity index (χ1) is 21.8. The normalized spacial score (nSPS) is 19.4. The van der Waals surface area contributed by atoms with Crippen LogP contribution in [-0.2, 0) is 24.6 Å². The van der Waals surface area contributed by atoms with Gasteiger partial charge >= 0.3 is 5.69 Å². The molecule has 0 radical (unpaired) electrons. The molecule has 1 aliphatic heterocycles. The zero-order valence-electron chi connectivity index (χ0n) is 25.0. The Hall–Kier alpha value is -5.15. The minimum absolute atomic E-state index is 0.0724. The average Bonchev–Trinajstić information content (AvgIpc) is 3.36. The highest BCUT2D eigenvalue weighted by Crippen LogP contribution is 2.43. The molecule has 1 fully saturated rings. The molecule has 2 heterocycles. The molecule has 4 atom stereocenters. The second-order valence-corrected chi connectivity index (χ2v) is 10.3. The number of nitrogens with one attached hydrogen (secondary N) is 1. The summed E-state index contributed by atoms with van der Waals surface area (Å²) in [4.78, 5) is 28.2. The van der Waals surface area contributed by atoms with Gasteiger partial charge in [-0.05, 0) is 47.0 Å². The molecule has 1 aliphatic rings. The molecule has 3 aromatic carbocycles. The Morgan fingerprint density at radius 1 is 0.978 bits per heavy atom. The van der Waals surface area contributed by atoms with E-state index in [-0.39, 0.29) is 18.3 Å². The summed E-state index contributed by atoms with van der Waals surface area (Å²) in [5.41, 5.74) is 0.473. The van der Waals surface area contributed by atoms with E-state index in [2.05, 4.69) is 16.4 Å². The third kappa shape index (κ3) is 6.39. The van der Waals surface area contributed by atoms with Crippen LogP contribution in [-0.4, -0.2) is 59.7 Å². The highest BCUT2D eigenvalue weighted by molar-refractivity contribution is 5.87. The summed E-state index contributed by atoms with van der Waals surface area (Å²) in [6.07, 6.45) is 4.41. The van der Waals surface area contributed by atoms with E-state index in [1.165, 1.54) is 19.2 Å². The molecule has 5 rings (SSSR count). The number of hydrogen-bond donors (Lipinski definition) is 2. The van der Waals surface area contributed by atoms with Crippen molar-refractivity contribution in [1.29, 1.82) is 0 Å². The van der Waals surface area contributed by atoms with Gasteiger partial charge in [0.15, 0.2) is 12.3 Å². The number of nitrogens with zero attached hydrogens (tertiary/aromatic N) is 2. The van der Waals surface area contributed by atoms with Gasteiger partial charge in [0.05, 0.1) is 20.8 Å². The summed E-state index contributed by atoms with van der Waals surface area (Å²) in [6, 6.07) is 26.1. The van der Waals surface area contributed by atoms with Crippen LogP contribution >= 0.6 is 0 Å². The maximum absolute atomic E-state index is 12.9. The molecular formula is C34H33N3O8. The number of carbonyl (C=O) groups excluding carboxylic acids is 1. The molecule has 0 bridgehead atoms. The first-order valence-electron chi connectivity index (χ1n) is 14.1. The van der Waals surface area contributed by atoms with Crippen LogP contribution in [0.5, 0.6) is 11.5 Å². The second-order valence-electron chi connectivity index (χ2n) is 10.3. The van der Waals surface area contributed by atoms with E-state index in [1.807, 2.05) is 78.9 Å². The van der Waals surface area contributed by atoms with Crippen LogP contribution in [0, 0.1) is 12.5 Å². The maximum Gasteiger partial charge on any atom is 0.351 e. The van der Waals surface area contributed by atoms with Crippen LogP contribution in [0.4, 0.5) is 5.82 Å². The smallest absolute Gasteiger partial charge is 0.351 e. The summed E-state index contributed by atoms with van der Waals surface area (Å²) >= 11 is 0. The number of amides is 1. The quantitative estimate of drug-likeness (QED) is 0.193. The Bertz CT molecular complexity index is 1650. The number of aliphatic hydroxyl groups is 1. The lowest BCUT2D eigenvalue weighted by molar-refractivity contribution is -0.114. The van der Waals surface area contributed by atoms with E-state index >= 15 is 0 Å². The van der Waals surface area contributed by atoms with Gasteiger partial charge in [-0.2, -0.15) is 4.98 Å². The number of terminal acetylenes is 1. The van der Waals surface area contributed by atoms with Crippen molar-refractivity contribution in [1.82, 2.24) is 9.55 Å². The zero-order valence-corrected chi connectivity index (χ0v) is 25.0. The first kappa shape index (κ1) is 31.3. The minimum atomic E-state index is -1.28. The molecule has 1 saturated heterocycles. The van der Waals surface area contributed by atoms with Gasteiger partial charge in [0.25, 0.3) is 0 Å². The number of hydrogen-bond acceptors (Lipinski definition) is 9. The van der Waals surface area contributed by atoms with Gasteiger partial charge in [-0.1, -0.05) is 61.0 Å². The summed E-state index contributed by atoms with van der Waals surface area (Å²) in [5, 5.41) is 13.8. The molecule has 4 unspecified atom stereocenters. The Balaban J connectivity index is 1.54. The molecule has 0 aliphatic carbocycles. The van der Waals surface area contributed by atoms with Crippen LogP contribution in [0.25, 0.3) is 0 Å². The van der Waals surface area contributed by atoms with Gasteiger partial charge in [-0.25, -0.2) is 4.79 Å². The van der Waals surface area contributed by atoms with E-state index in [0.29, 0.717) is 11.5 Å². The van der Waals surface area contributed by atoms with E-state index < -0.39 is 35.8 Å². The molecular weight excluding hydrogens is 578 g/mol. The van der Waals surface area contributed by atoms with Crippen LogP contribution < -0.4 is 20.5 Å². The summed E-state index contributed by atoms with van der Waals surface area (Å²) in [7, 11) is 3.19. The van der Waals surface area contributed by atoms with Crippen LogP contribution in [0.3, 0.4) is 0 Å². The topological polar surface area (TPSA) is 130 Å². The molecule has 1 amide bonds.